The molecule has 0 amide bonds. The topological polar surface area (TPSA) is 41.1 Å². The Balaban J connectivity index is 2.08. The first-order chi connectivity index (χ1) is 8.20. The lowest BCUT2D eigenvalue weighted by atomic mass is 10.2. The lowest BCUT2D eigenvalue weighted by Gasteiger charge is -2.17. The molecule has 2 rings (SSSR count). The van der Waals surface area contributed by atoms with Crippen molar-refractivity contribution in [2.75, 3.05) is 24.5 Å². The zero-order valence-corrected chi connectivity index (χ0v) is 11.0. The van der Waals surface area contributed by atoms with Crippen molar-refractivity contribution in [3.05, 3.63) is 17.5 Å². The van der Waals surface area contributed by atoms with E-state index in [1.165, 1.54) is 12.0 Å². The molecule has 1 unspecified atom stereocenters. The van der Waals surface area contributed by atoms with E-state index in [2.05, 4.69) is 41.0 Å². The van der Waals surface area contributed by atoms with Crippen LogP contribution in [-0.2, 0) is 6.54 Å². The summed E-state index contributed by atoms with van der Waals surface area (Å²) in [5.41, 5.74) is 2.29. The van der Waals surface area contributed by atoms with Crippen molar-refractivity contribution >= 4 is 5.95 Å². The van der Waals surface area contributed by atoms with E-state index < -0.39 is 0 Å². The van der Waals surface area contributed by atoms with Gasteiger partial charge >= 0.3 is 0 Å². The maximum atomic E-state index is 4.62. The van der Waals surface area contributed by atoms with Crippen LogP contribution in [-0.4, -0.2) is 29.6 Å². The minimum Gasteiger partial charge on any atom is -0.341 e. The normalized spacial score (nSPS) is 19.9. The summed E-state index contributed by atoms with van der Waals surface area (Å²) in [6.07, 6.45) is 3.21. The summed E-state index contributed by atoms with van der Waals surface area (Å²) in [7, 11) is 0. The number of hydrogen-bond donors (Lipinski definition) is 1. The zero-order chi connectivity index (χ0) is 12.3. The van der Waals surface area contributed by atoms with Crippen molar-refractivity contribution in [3.8, 4) is 0 Å². The highest BCUT2D eigenvalue weighted by molar-refractivity contribution is 5.34. The van der Waals surface area contributed by atoms with Gasteiger partial charge in [-0.15, -0.1) is 0 Å². The summed E-state index contributed by atoms with van der Waals surface area (Å²) in [4.78, 5) is 11.4. The first kappa shape index (κ1) is 12.3. The van der Waals surface area contributed by atoms with Crippen LogP contribution in [0, 0.1) is 12.8 Å². The van der Waals surface area contributed by atoms with Gasteiger partial charge in [-0.1, -0.05) is 13.8 Å². The highest BCUT2D eigenvalue weighted by Gasteiger charge is 2.21. The van der Waals surface area contributed by atoms with Crippen LogP contribution in [0.3, 0.4) is 0 Å². The standard InChI is InChI=1S/C13H22N4/c1-4-14-7-12-8-15-13(16-11(12)3)17-6-5-10(2)9-17/h8,10,14H,4-7,9H2,1-3H3. The summed E-state index contributed by atoms with van der Waals surface area (Å²) < 4.78 is 0. The fraction of sp³-hybridized carbons (Fsp3) is 0.692. The first-order valence-corrected chi connectivity index (χ1v) is 6.49. The monoisotopic (exact) mass is 234 g/mol. The largest absolute Gasteiger partial charge is 0.341 e. The number of rotatable bonds is 4. The van der Waals surface area contributed by atoms with Crippen molar-refractivity contribution in [3.63, 3.8) is 0 Å². The van der Waals surface area contributed by atoms with Gasteiger partial charge in [0, 0.05) is 37.1 Å². The summed E-state index contributed by atoms with van der Waals surface area (Å²) >= 11 is 0. The molecule has 2 heterocycles. The molecule has 0 aromatic carbocycles. The Labute approximate surface area is 103 Å². The van der Waals surface area contributed by atoms with E-state index in [9.17, 15) is 0 Å². The van der Waals surface area contributed by atoms with E-state index in [0.29, 0.717) is 0 Å². The SMILES string of the molecule is CCNCc1cnc(N2CCC(C)C2)nc1C. The van der Waals surface area contributed by atoms with Gasteiger partial charge in [0.25, 0.3) is 0 Å². The Morgan fingerprint density at radius 3 is 2.94 bits per heavy atom. The lowest BCUT2D eigenvalue weighted by Crippen LogP contribution is -2.22. The second-order valence-corrected chi connectivity index (χ2v) is 4.90. The van der Waals surface area contributed by atoms with Crippen LogP contribution in [0.15, 0.2) is 6.20 Å². The molecule has 0 spiro atoms. The first-order valence-electron chi connectivity index (χ1n) is 6.49. The van der Waals surface area contributed by atoms with Gasteiger partial charge in [-0.3, -0.25) is 0 Å². The smallest absolute Gasteiger partial charge is 0.225 e. The Bertz CT molecular complexity index is 378. The molecule has 0 saturated carbocycles. The van der Waals surface area contributed by atoms with Crippen molar-refractivity contribution in [1.82, 2.24) is 15.3 Å². The molecule has 1 atom stereocenters. The Morgan fingerprint density at radius 1 is 1.53 bits per heavy atom. The molecule has 1 fully saturated rings. The van der Waals surface area contributed by atoms with Gasteiger partial charge in [0.1, 0.15) is 0 Å². The van der Waals surface area contributed by atoms with E-state index >= 15 is 0 Å². The number of nitrogens with one attached hydrogen (secondary N) is 1. The van der Waals surface area contributed by atoms with Gasteiger partial charge in [0.05, 0.1) is 0 Å². The van der Waals surface area contributed by atoms with Gasteiger partial charge in [0.2, 0.25) is 5.95 Å². The zero-order valence-electron chi connectivity index (χ0n) is 11.0. The highest BCUT2D eigenvalue weighted by Crippen LogP contribution is 2.20. The fourth-order valence-corrected chi connectivity index (χ4v) is 2.18. The minimum atomic E-state index is 0.764. The molecule has 1 aromatic rings. The molecule has 4 heteroatoms. The summed E-state index contributed by atoms with van der Waals surface area (Å²) in [6.45, 7) is 10.5. The minimum absolute atomic E-state index is 0.764. The molecular formula is C13H22N4. The van der Waals surface area contributed by atoms with E-state index in [0.717, 1.165) is 43.7 Å². The number of nitrogens with zero attached hydrogens (tertiary/aromatic N) is 3. The van der Waals surface area contributed by atoms with Gasteiger partial charge in [0.15, 0.2) is 0 Å². The van der Waals surface area contributed by atoms with Crippen LogP contribution in [0.2, 0.25) is 0 Å². The Kier molecular flexibility index (Phi) is 3.94. The third kappa shape index (κ3) is 2.94. The van der Waals surface area contributed by atoms with Crippen LogP contribution < -0.4 is 10.2 Å². The van der Waals surface area contributed by atoms with E-state index in [4.69, 9.17) is 0 Å². The fourth-order valence-electron chi connectivity index (χ4n) is 2.18. The van der Waals surface area contributed by atoms with Gasteiger partial charge < -0.3 is 10.2 Å². The molecule has 1 aromatic heterocycles. The van der Waals surface area contributed by atoms with Gasteiger partial charge in [-0.2, -0.15) is 0 Å². The van der Waals surface area contributed by atoms with E-state index in [1.807, 2.05) is 6.20 Å². The van der Waals surface area contributed by atoms with Crippen LogP contribution >= 0.6 is 0 Å². The second kappa shape index (κ2) is 5.45. The summed E-state index contributed by atoms with van der Waals surface area (Å²) in [5, 5.41) is 3.31. The second-order valence-electron chi connectivity index (χ2n) is 4.90. The van der Waals surface area contributed by atoms with Crippen molar-refractivity contribution in [1.29, 1.82) is 0 Å². The number of aryl methyl sites for hydroxylation is 1. The average molecular weight is 234 g/mol. The maximum Gasteiger partial charge on any atom is 0.225 e. The molecule has 0 aliphatic carbocycles. The molecule has 17 heavy (non-hydrogen) atoms. The Hall–Kier alpha value is -1.16. The number of anilines is 1. The molecule has 94 valence electrons. The average Bonchev–Trinajstić information content (AvgIpc) is 2.74. The molecule has 0 bridgehead atoms. The number of aromatic nitrogens is 2. The molecule has 1 aliphatic heterocycles. The summed E-state index contributed by atoms with van der Waals surface area (Å²) in [6, 6.07) is 0. The van der Waals surface area contributed by atoms with Crippen LogP contribution in [0.25, 0.3) is 0 Å². The van der Waals surface area contributed by atoms with Crippen molar-refractivity contribution < 1.29 is 0 Å². The van der Waals surface area contributed by atoms with E-state index in [-0.39, 0.29) is 0 Å². The number of hydrogen-bond acceptors (Lipinski definition) is 4. The molecule has 0 radical (unpaired) electrons. The van der Waals surface area contributed by atoms with Crippen molar-refractivity contribution in [2.45, 2.75) is 33.7 Å². The lowest BCUT2D eigenvalue weighted by molar-refractivity contribution is 0.657. The maximum absolute atomic E-state index is 4.62. The van der Waals surface area contributed by atoms with Crippen LogP contribution in [0.5, 0.6) is 0 Å². The molecule has 4 nitrogen and oxygen atoms in total. The Morgan fingerprint density at radius 2 is 2.35 bits per heavy atom. The van der Waals surface area contributed by atoms with Crippen molar-refractivity contribution in [2.24, 2.45) is 5.92 Å². The predicted octanol–water partition coefficient (Wildman–Crippen LogP) is 1.74. The molecule has 1 aliphatic rings. The van der Waals surface area contributed by atoms with Gasteiger partial charge in [-0.05, 0) is 25.8 Å². The summed E-state index contributed by atoms with van der Waals surface area (Å²) in [5.74, 6) is 1.66. The predicted molar refractivity (Wildman–Crippen MR) is 70.1 cm³/mol. The van der Waals surface area contributed by atoms with Crippen LogP contribution in [0.1, 0.15) is 31.5 Å². The van der Waals surface area contributed by atoms with Gasteiger partial charge in [-0.25, -0.2) is 9.97 Å². The van der Waals surface area contributed by atoms with E-state index in [1.54, 1.807) is 0 Å². The molecular weight excluding hydrogens is 212 g/mol. The molecule has 1 N–H and O–H groups in total. The third-order valence-corrected chi connectivity index (χ3v) is 3.34. The quantitative estimate of drug-likeness (QED) is 0.861. The van der Waals surface area contributed by atoms with Crippen LogP contribution in [0.4, 0.5) is 5.95 Å². The third-order valence-electron chi connectivity index (χ3n) is 3.34. The highest BCUT2D eigenvalue weighted by atomic mass is 15.3. The molecule has 1 saturated heterocycles.